The predicted octanol–water partition coefficient (Wildman–Crippen LogP) is 6.12. The predicted molar refractivity (Wildman–Crippen MR) is 80.0 cm³/mol. The molecule has 0 bridgehead atoms. The van der Waals surface area contributed by atoms with E-state index in [-0.39, 0.29) is 0 Å². The minimum atomic E-state index is 0.457. The third kappa shape index (κ3) is 5.44. The van der Waals surface area contributed by atoms with Crippen LogP contribution in [0.25, 0.3) is 0 Å². The van der Waals surface area contributed by atoms with E-state index >= 15 is 0 Å². The molecule has 1 radical (unpaired) electrons. The minimum absolute atomic E-state index is 0.457. The molecule has 0 N–H and O–H groups in total. The molecule has 0 amide bonds. The van der Waals surface area contributed by atoms with Crippen LogP contribution in [0.4, 0.5) is 0 Å². The molecule has 103 valence electrons. The Bertz CT molecular complexity index is 188. The van der Waals surface area contributed by atoms with Gasteiger partial charge in [-0.2, -0.15) is 0 Å². The van der Waals surface area contributed by atoms with Gasteiger partial charge in [-0.05, 0) is 41.9 Å². The Morgan fingerprint density at radius 3 is 1.82 bits per heavy atom. The molecule has 0 aliphatic heterocycles. The Morgan fingerprint density at radius 2 is 1.53 bits per heavy atom. The average molecular weight is 239 g/mol. The molecule has 0 aliphatic carbocycles. The van der Waals surface area contributed by atoms with Crippen molar-refractivity contribution in [3.05, 3.63) is 5.92 Å². The molecule has 0 spiro atoms. The minimum Gasteiger partial charge on any atom is -0.0654 e. The molecule has 0 fully saturated rings. The van der Waals surface area contributed by atoms with E-state index in [1.807, 2.05) is 5.92 Å². The van der Waals surface area contributed by atoms with Gasteiger partial charge in [0.25, 0.3) is 0 Å². The van der Waals surface area contributed by atoms with Crippen molar-refractivity contribution in [2.45, 2.75) is 81.1 Å². The van der Waals surface area contributed by atoms with Gasteiger partial charge in [-0.15, -0.1) is 0 Å². The molecule has 0 aromatic heterocycles. The smallest absolute Gasteiger partial charge is 0.0179 e. The van der Waals surface area contributed by atoms with Crippen molar-refractivity contribution in [1.82, 2.24) is 0 Å². The van der Waals surface area contributed by atoms with Crippen LogP contribution in [0, 0.1) is 29.1 Å². The van der Waals surface area contributed by atoms with Crippen LogP contribution in [0.5, 0.6) is 0 Å². The fourth-order valence-corrected chi connectivity index (χ4v) is 2.84. The van der Waals surface area contributed by atoms with E-state index in [4.69, 9.17) is 0 Å². The summed E-state index contributed by atoms with van der Waals surface area (Å²) < 4.78 is 0. The third-order valence-electron chi connectivity index (χ3n) is 4.29. The van der Waals surface area contributed by atoms with Crippen LogP contribution in [-0.2, 0) is 0 Å². The molecule has 1 unspecified atom stereocenters. The highest BCUT2D eigenvalue weighted by Crippen LogP contribution is 2.45. The highest BCUT2D eigenvalue weighted by Gasteiger charge is 2.35. The van der Waals surface area contributed by atoms with Gasteiger partial charge in [-0.25, -0.2) is 0 Å². The lowest BCUT2D eigenvalue weighted by atomic mass is 9.63. The van der Waals surface area contributed by atoms with Crippen molar-refractivity contribution in [3.63, 3.8) is 0 Å². The second kappa shape index (κ2) is 7.44. The third-order valence-corrected chi connectivity index (χ3v) is 4.29. The van der Waals surface area contributed by atoms with Crippen molar-refractivity contribution in [1.29, 1.82) is 0 Å². The Kier molecular flexibility index (Phi) is 7.44. The second-order valence-corrected chi connectivity index (χ2v) is 7.00. The lowest BCUT2D eigenvalue weighted by Crippen LogP contribution is -2.32. The van der Waals surface area contributed by atoms with Gasteiger partial charge in [0, 0.05) is 0 Å². The van der Waals surface area contributed by atoms with Crippen molar-refractivity contribution in [3.8, 4) is 0 Å². The maximum atomic E-state index is 2.46. The molecule has 17 heavy (non-hydrogen) atoms. The number of hydrogen-bond acceptors (Lipinski definition) is 0. The maximum Gasteiger partial charge on any atom is -0.0179 e. The summed E-state index contributed by atoms with van der Waals surface area (Å²) in [6.07, 6.45) is 5.25. The summed E-state index contributed by atoms with van der Waals surface area (Å²) in [5.74, 6) is 4.15. The van der Waals surface area contributed by atoms with Crippen LogP contribution in [-0.4, -0.2) is 0 Å². The normalized spacial score (nSPS) is 15.0. The van der Waals surface area contributed by atoms with E-state index in [2.05, 4.69) is 55.4 Å². The molecule has 0 saturated heterocycles. The van der Waals surface area contributed by atoms with Gasteiger partial charge < -0.3 is 0 Å². The number of rotatable bonds is 8. The van der Waals surface area contributed by atoms with E-state index in [0.717, 1.165) is 17.8 Å². The lowest BCUT2D eigenvalue weighted by molar-refractivity contribution is 0.162. The summed E-state index contributed by atoms with van der Waals surface area (Å²) in [4.78, 5) is 0. The molecular weight excluding hydrogens is 204 g/mol. The van der Waals surface area contributed by atoms with Crippen LogP contribution >= 0.6 is 0 Å². The van der Waals surface area contributed by atoms with E-state index in [9.17, 15) is 0 Å². The topological polar surface area (TPSA) is 0 Å². The van der Waals surface area contributed by atoms with Gasteiger partial charge >= 0.3 is 0 Å². The molecule has 0 heteroatoms. The van der Waals surface area contributed by atoms with Crippen LogP contribution < -0.4 is 0 Å². The summed E-state index contributed by atoms with van der Waals surface area (Å²) in [5.41, 5.74) is 0.457. The van der Waals surface area contributed by atoms with Crippen molar-refractivity contribution in [2.24, 2.45) is 23.2 Å². The van der Waals surface area contributed by atoms with Crippen LogP contribution in [0.3, 0.4) is 0 Å². The summed E-state index contributed by atoms with van der Waals surface area (Å²) in [5, 5.41) is 0. The first-order valence-corrected chi connectivity index (χ1v) is 7.61. The first kappa shape index (κ1) is 17.0. The van der Waals surface area contributed by atoms with Crippen molar-refractivity contribution < 1.29 is 0 Å². The van der Waals surface area contributed by atoms with E-state index in [1.54, 1.807) is 0 Å². The van der Waals surface area contributed by atoms with Crippen molar-refractivity contribution >= 4 is 0 Å². The average Bonchev–Trinajstić information content (AvgIpc) is 2.22. The summed E-state index contributed by atoms with van der Waals surface area (Å²) in [6, 6.07) is 0. The Balaban J connectivity index is 4.97. The SMILES string of the molecule is CCC[C](C(C)C)C(CC(C)C)C(C)(C)CC. The van der Waals surface area contributed by atoms with Gasteiger partial charge in [0.2, 0.25) is 0 Å². The molecule has 0 rings (SSSR count). The quantitative estimate of drug-likeness (QED) is 0.479. The Morgan fingerprint density at radius 1 is 1.00 bits per heavy atom. The van der Waals surface area contributed by atoms with Gasteiger partial charge in [-0.1, -0.05) is 68.2 Å². The molecule has 0 heterocycles. The first-order chi connectivity index (χ1) is 7.76. The molecule has 0 nitrogen and oxygen atoms in total. The van der Waals surface area contributed by atoms with Gasteiger partial charge in [-0.3, -0.25) is 0 Å². The molecule has 0 aliphatic rings. The Hall–Kier alpha value is 0. The zero-order valence-corrected chi connectivity index (χ0v) is 13.6. The Labute approximate surface area is 111 Å². The first-order valence-electron chi connectivity index (χ1n) is 7.61. The molecule has 0 aromatic rings. The van der Waals surface area contributed by atoms with E-state index in [0.29, 0.717) is 5.41 Å². The second-order valence-electron chi connectivity index (χ2n) is 7.00. The highest BCUT2D eigenvalue weighted by molar-refractivity contribution is 5.04. The highest BCUT2D eigenvalue weighted by atomic mass is 14.4. The fourth-order valence-electron chi connectivity index (χ4n) is 2.84. The van der Waals surface area contributed by atoms with Gasteiger partial charge in [0.05, 0.1) is 0 Å². The van der Waals surface area contributed by atoms with Gasteiger partial charge in [0.1, 0.15) is 0 Å². The standard InChI is InChI=1S/C17H35/c1-9-11-15(14(5)6)16(12-13(3)4)17(7,8)10-2/h13-14,16H,9-12H2,1-8H3. The van der Waals surface area contributed by atoms with Crippen LogP contribution in [0.2, 0.25) is 0 Å². The van der Waals surface area contributed by atoms with E-state index in [1.165, 1.54) is 25.7 Å². The maximum absolute atomic E-state index is 2.46. The number of hydrogen-bond donors (Lipinski definition) is 0. The largest absolute Gasteiger partial charge is 0.0654 e. The van der Waals surface area contributed by atoms with Crippen LogP contribution in [0.1, 0.15) is 81.1 Å². The zero-order valence-electron chi connectivity index (χ0n) is 13.6. The van der Waals surface area contributed by atoms with Crippen molar-refractivity contribution in [2.75, 3.05) is 0 Å². The van der Waals surface area contributed by atoms with E-state index < -0.39 is 0 Å². The van der Waals surface area contributed by atoms with Crippen LogP contribution in [0.15, 0.2) is 0 Å². The molecular formula is C17H35. The lowest BCUT2D eigenvalue weighted by Gasteiger charge is -2.42. The molecule has 0 aromatic carbocycles. The monoisotopic (exact) mass is 239 g/mol. The summed E-state index contributed by atoms with van der Waals surface area (Å²) in [7, 11) is 0. The van der Waals surface area contributed by atoms with Gasteiger partial charge in [0.15, 0.2) is 0 Å². The zero-order chi connectivity index (χ0) is 13.6. The fraction of sp³-hybridized carbons (Fsp3) is 0.941. The summed E-state index contributed by atoms with van der Waals surface area (Å²) in [6.45, 7) is 19.1. The summed E-state index contributed by atoms with van der Waals surface area (Å²) >= 11 is 0. The molecule has 1 atom stereocenters. The molecule has 0 saturated carbocycles.